The zero-order valence-electron chi connectivity index (χ0n) is 11.1. The van der Waals surface area contributed by atoms with Crippen molar-refractivity contribution < 1.29 is 9.47 Å². The van der Waals surface area contributed by atoms with Gasteiger partial charge < -0.3 is 14.8 Å². The highest BCUT2D eigenvalue weighted by Gasteiger charge is 2.09. The minimum Gasteiger partial charge on any atom is -0.382 e. The van der Waals surface area contributed by atoms with E-state index in [9.17, 15) is 0 Å². The molecule has 102 valence electrons. The van der Waals surface area contributed by atoms with Gasteiger partial charge in [0.25, 0.3) is 0 Å². The SMILES string of the molecule is CCCNCC(COC)OCc1ccccc1Br. The van der Waals surface area contributed by atoms with Crippen LogP contribution in [0.2, 0.25) is 0 Å². The molecule has 1 rings (SSSR count). The number of benzene rings is 1. The minimum absolute atomic E-state index is 0.0913. The molecule has 0 saturated heterocycles. The molecule has 0 bridgehead atoms. The lowest BCUT2D eigenvalue weighted by molar-refractivity contribution is -0.0102. The van der Waals surface area contributed by atoms with Crippen molar-refractivity contribution in [1.82, 2.24) is 5.32 Å². The smallest absolute Gasteiger partial charge is 0.0936 e. The van der Waals surface area contributed by atoms with E-state index in [1.165, 1.54) is 0 Å². The first kappa shape index (κ1) is 15.6. The molecule has 1 aromatic rings. The van der Waals surface area contributed by atoms with Crippen LogP contribution in [0, 0.1) is 0 Å². The van der Waals surface area contributed by atoms with Crippen molar-refractivity contribution >= 4 is 15.9 Å². The molecule has 0 radical (unpaired) electrons. The Hall–Kier alpha value is -0.420. The maximum absolute atomic E-state index is 5.88. The molecule has 0 fully saturated rings. The van der Waals surface area contributed by atoms with Gasteiger partial charge >= 0.3 is 0 Å². The molecule has 0 aromatic heterocycles. The van der Waals surface area contributed by atoms with Crippen LogP contribution in [0.15, 0.2) is 28.7 Å². The van der Waals surface area contributed by atoms with E-state index in [4.69, 9.17) is 9.47 Å². The second-order valence-electron chi connectivity index (χ2n) is 4.18. The van der Waals surface area contributed by atoms with Gasteiger partial charge in [0, 0.05) is 18.1 Å². The van der Waals surface area contributed by atoms with Gasteiger partial charge in [0.1, 0.15) is 0 Å². The van der Waals surface area contributed by atoms with E-state index in [0.29, 0.717) is 13.2 Å². The van der Waals surface area contributed by atoms with Gasteiger partial charge in [0.15, 0.2) is 0 Å². The molecule has 1 unspecified atom stereocenters. The first-order valence-corrected chi connectivity index (χ1v) is 7.11. The van der Waals surface area contributed by atoms with E-state index in [0.717, 1.165) is 29.5 Å². The molecule has 1 N–H and O–H groups in total. The van der Waals surface area contributed by atoms with Gasteiger partial charge in [-0.3, -0.25) is 0 Å². The van der Waals surface area contributed by atoms with Crippen molar-refractivity contribution in [2.24, 2.45) is 0 Å². The Kier molecular flexibility index (Phi) is 8.25. The lowest BCUT2D eigenvalue weighted by atomic mass is 10.2. The standard InChI is InChI=1S/C14H22BrNO2/c1-3-8-16-9-13(11-17-2)18-10-12-6-4-5-7-14(12)15/h4-7,13,16H,3,8-11H2,1-2H3. The molecule has 1 atom stereocenters. The van der Waals surface area contributed by atoms with Crippen LogP contribution in [0.5, 0.6) is 0 Å². The van der Waals surface area contributed by atoms with E-state index in [1.807, 2.05) is 18.2 Å². The van der Waals surface area contributed by atoms with Crippen molar-refractivity contribution in [2.45, 2.75) is 26.1 Å². The maximum atomic E-state index is 5.88. The van der Waals surface area contributed by atoms with Gasteiger partial charge in [-0.15, -0.1) is 0 Å². The highest BCUT2D eigenvalue weighted by atomic mass is 79.9. The summed E-state index contributed by atoms with van der Waals surface area (Å²) in [7, 11) is 1.70. The predicted molar refractivity (Wildman–Crippen MR) is 77.8 cm³/mol. The zero-order chi connectivity index (χ0) is 13.2. The summed E-state index contributed by atoms with van der Waals surface area (Å²) in [6.45, 7) is 5.20. The molecule has 1 aromatic carbocycles. The van der Waals surface area contributed by atoms with E-state index in [1.54, 1.807) is 7.11 Å². The highest BCUT2D eigenvalue weighted by Crippen LogP contribution is 2.17. The van der Waals surface area contributed by atoms with Crippen molar-refractivity contribution in [3.8, 4) is 0 Å². The van der Waals surface area contributed by atoms with Gasteiger partial charge in [0.05, 0.1) is 19.3 Å². The number of methoxy groups -OCH3 is 1. The van der Waals surface area contributed by atoms with E-state index in [2.05, 4.69) is 34.2 Å². The summed E-state index contributed by atoms with van der Waals surface area (Å²) in [4.78, 5) is 0. The van der Waals surface area contributed by atoms with Gasteiger partial charge in [-0.2, -0.15) is 0 Å². The van der Waals surface area contributed by atoms with Crippen LogP contribution in [-0.2, 0) is 16.1 Å². The summed E-state index contributed by atoms with van der Waals surface area (Å²) >= 11 is 3.52. The second-order valence-corrected chi connectivity index (χ2v) is 5.04. The van der Waals surface area contributed by atoms with E-state index >= 15 is 0 Å². The van der Waals surface area contributed by atoms with Gasteiger partial charge in [-0.1, -0.05) is 41.1 Å². The van der Waals surface area contributed by atoms with E-state index < -0.39 is 0 Å². The minimum atomic E-state index is 0.0913. The summed E-state index contributed by atoms with van der Waals surface area (Å²) in [5.41, 5.74) is 1.16. The summed E-state index contributed by atoms with van der Waals surface area (Å²) < 4.78 is 12.1. The van der Waals surface area contributed by atoms with Crippen molar-refractivity contribution in [2.75, 3.05) is 26.8 Å². The van der Waals surface area contributed by atoms with Crippen molar-refractivity contribution in [3.05, 3.63) is 34.3 Å². The number of halogens is 1. The number of hydrogen-bond acceptors (Lipinski definition) is 3. The third kappa shape index (κ3) is 5.96. The fraction of sp³-hybridized carbons (Fsp3) is 0.571. The molecule has 0 amide bonds. The molecule has 0 spiro atoms. The molecule has 0 heterocycles. The molecule has 0 aliphatic heterocycles. The summed E-state index contributed by atoms with van der Waals surface area (Å²) in [5.74, 6) is 0. The normalized spacial score (nSPS) is 12.6. The Morgan fingerprint density at radius 3 is 2.78 bits per heavy atom. The number of hydrogen-bond donors (Lipinski definition) is 1. The number of nitrogens with one attached hydrogen (secondary N) is 1. The lowest BCUT2D eigenvalue weighted by Crippen LogP contribution is -2.33. The third-order valence-corrected chi connectivity index (χ3v) is 3.36. The fourth-order valence-electron chi connectivity index (χ4n) is 1.61. The average molecular weight is 316 g/mol. The highest BCUT2D eigenvalue weighted by molar-refractivity contribution is 9.10. The Labute approximate surface area is 118 Å². The van der Waals surface area contributed by atoms with Crippen LogP contribution < -0.4 is 5.32 Å². The maximum Gasteiger partial charge on any atom is 0.0936 e. The van der Waals surface area contributed by atoms with Crippen LogP contribution in [0.3, 0.4) is 0 Å². The molecule has 0 saturated carbocycles. The molecular weight excluding hydrogens is 294 g/mol. The Morgan fingerprint density at radius 1 is 1.33 bits per heavy atom. The zero-order valence-corrected chi connectivity index (χ0v) is 12.7. The Morgan fingerprint density at radius 2 is 2.11 bits per heavy atom. The van der Waals surface area contributed by atoms with Gasteiger partial charge in [-0.05, 0) is 24.6 Å². The molecular formula is C14H22BrNO2. The Balaban J connectivity index is 2.39. The van der Waals surface area contributed by atoms with Crippen LogP contribution in [0.1, 0.15) is 18.9 Å². The van der Waals surface area contributed by atoms with Crippen molar-refractivity contribution in [1.29, 1.82) is 0 Å². The van der Waals surface area contributed by atoms with Crippen molar-refractivity contribution in [3.63, 3.8) is 0 Å². The molecule has 4 heteroatoms. The topological polar surface area (TPSA) is 30.5 Å². The summed E-state index contributed by atoms with van der Waals surface area (Å²) in [6, 6.07) is 8.11. The largest absolute Gasteiger partial charge is 0.382 e. The van der Waals surface area contributed by atoms with Gasteiger partial charge in [-0.25, -0.2) is 0 Å². The second kappa shape index (κ2) is 9.50. The third-order valence-electron chi connectivity index (χ3n) is 2.58. The molecule has 3 nitrogen and oxygen atoms in total. The molecule has 0 aliphatic carbocycles. The van der Waals surface area contributed by atoms with Gasteiger partial charge in [0.2, 0.25) is 0 Å². The average Bonchev–Trinajstić information content (AvgIpc) is 2.38. The monoisotopic (exact) mass is 315 g/mol. The van der Waals surface area contributed by atoms with Crippen LogP contribution in [0.4, 0.5) is 0 Å². The first-order chi connectivity index (χ1) is 8.77. The summed E-state index contributed by atoms with van der Waals surface area (Å²) in [6.07, 6.45) is 1.22. The number of rotatable bonds is 9. The van der Waals surface area contributed by atoms with Crippen LogP contribution >= 0.6 is 15.9 Å². The van der Waals surface area contributed by atoms with Crippen LogP contribution in [-0.4, -0.2) is 32.9 Å². The molecule has 0 aliphatic rings. The first-order valence-electron chi connectivity index (χ1n) is 6.32. The molecule has 18 heavy (non-hydrogen) atoms. The quantitative estimate of drug-likeness (QED) is 0.711. The summed E-state index contributed by atoms with van der Waals surface area (Å²) in [5, 5.41) is 3.35. The number of ether oxygens (including phenoxy) is 2. The van der Waals surface area contributed by atoms with Crippen LogP contribution in [0.25, 0.3) is 0 Å². The van der Waals surface area contributed by atoms with E-state index in [-0.39, 0.29) is 6.10 Å². The fourth-order valence-corrected chi connectivity index (χ4v) is 2.01. The Bertz CT molecular complexity index is 333. The predicted octanol–water partition coefficient (Wildman–Crippen LogP) is 2.98. The lowest BCUT2D eigenvalue weighted by Gasteiger charge is -2.18.